The number of hydrogen-bond acceptors (Lipinski definition) is 6. The van der Waals surface area contributed by atoms with Gasteiger partial charge in [0.25, 0.3) is 5.91 Å². The van der Waals surface area contributed by atoms with Gasteiger partial charge in [-0.3, -0.25) is 14.4 Å². The molecule has 0 saturated carbocycles. The quantitative estimate of drug-likeness (QED) is 0.424. The van der Waals surface area contributed by atoms with E-state index < -0.39 is 18.5 Å². The fourth-order valence-electron chi connectivity index (χ4n) is 2.30. The van der Waals surface area contributed by atoms with Crippen LogP contribution in [0.5, 0.6) is 0 Å². The maximum atomic E-state index is 12.4. The second-order valence-electron chi connectivity index (χ2n) is 5.62. The Bertz CT molecular complexity index is 907. The van der Waals surface area contributed by atoms with Crippen molar-refractivity contribution in [3.05, 3.63) is 50.6 Å². The van der Waals surface area contributed by atoms with Crippen LogP contribution in [-0.4, -0.2) is 30.8 Å². The number of ketones is 1. The number of hydrogen-bond donors (Lipinski definition) is 0. The average Bonchev–Trinajstić information content (AvgIpc) is 3.11. The number of ether oxygens (including phenoxy) is 1. The Hall–Kier alpha value is -2.40. The molecule has 9 heteroatoms. The maximum Gasteiger partial charge on any atom is 0.306 e. The van der Waals surface area contributed by atoms with Crippen molar-refractivity contribution >= 4 is 57.9 Å². The van der Waals surface area contributed by atoms with Gasteiger partial charge in [-0.1, -0.05) is 29.3 Å². The summed E-state index contributed by atoms with van der Waals surface area (Å²) in [6.07, 6.45) is -0.0582. The molecule has 1 aromatic carbocycles. The minimum Gasteiger partial charge on any atom is -0.456 e. The molecular weight excluding hydrogens is 423 g/mol. The minimum atomic E-state index is -0.657. The number of benzene rings is 1. The van der Waals surface area contributed by atoms with Crippen molar-refractivity contribution in [2.45, 2.75) is 19.3 Å². The first-order valence-electron chi connectivity index (χ1n) is 8.27. The van der Waals surface area contributed by atoms with Gasteiger partial charge in [-0.25, -0.2) is 0 Å². The molecule has 0 N–H and O–H groups in total. The number of carbonyl (C=O) groups is 3. The third-order valence-electron chi connectivity index (χ3n) is 3.63. The highest BCUT2D eigenvalue weighted by molar-refractivity contribution is 7.18. The molecule has 146 valence electrons. The summed E-state index contributed by atoms with van der Waals surface area (Å²) in [4.78, 5) is 38.1. The molecular formula is C19H16Cl2N2O4S. The predicted molar refractivity (Wildman–Crippen MR) is 108 cm³/mol. The molecule has 0 atom stereocenters. The number of halogens is 2. The Balaban J connectivity index is 1.88. The van der Waals surface area contributed by atoms with Crippen molar-refractivity contribution in [1.29, 1.82) is 5.26 Å². The van der Waals surface area contributed by atoms with Crippen LogP contribution in [0.4, 0.5) is 5.69 Å². The number of Topliss-reactive ketones (excluding diaryl/α,β-unsaturated/α-hetero) is 1. The van der Waals surface area contributed by atoms with Crippen LogP contribution in [0.1, 0.15) is 28.9 Å². The molecule has 1 amide bonds. The van der Waals surface area contributed by atoms with Gasteiger partial charge >= 0.3 is 5.97 Å². The lowest BCUT2D eigenvalue weighted by Crippen LogP contribution is -2.35. The summed E-state index contributed by atoms with van der Waals surface area (Å²) in [5.41, 5.74) is 0.508. The van der Waals surface area contributed by atoms with Crippen LogP contribution in [0.15, 0.2) is 36.4 Å². The van der Waals surface area contributed by atoms with Gasteiger partial charge in [-0.15, -0.1) is 11.3 Å². The van der Waals surface area contributed by atoms with Crippen molar-refractivity contribution in [2.75, 3.05) is 18.1 Å². The molecule has 0 saturated heterocycles. The molecule has 2 rings (SSSR count). The minimum absolute atomic E-state index is 0.0314. The molecule has 1 aromatic heterocycles. The van der Waals surface area contributed by atoms with E-state index in [4.69, 9.17) is 33.2 Å². The molecule has 6 nitrogen and oxygen atoms in total. The summed E-state index contributed by atoms with van der Waals surface area (Å²) in [5.74, 6) is -1.35. The van der Waals surface area contributed by atoms with Gasteiger partial charge in [0.05, 0.1) is 28.1 Å². The molecule has 0 aliphatic heterocycles. The largest absolute Gasteiger partial charge is 0.456 e. The van der Waals surface area contributed by atoms with Gasteiger partial charge in [0.2, 0.25) is 0 Å². The first-order chi connectivity index (χ1) is 13.4. The van der Waals surface area contributed by atoms with Gasteiger partial charge in [0, 0.05) is 23.7 Å². The third kappa shape index (κ3) is 6.64. The van der Waals surface area contributed by atoms with E-state index in [0.29, 0.717) is 19.9 Å². The zero-order valence-corrected chi connectivity index (χ0v) is 17.0. The lowest BCUT2D eigenvalue weighted by molar-refractivity contribution is -0.147. The van der Waals surface area contributed by atoms with E-state index >= 15 is 0 Å². The molecule has 0 aliphatic carbocycles. The van der Waals surface area contributed by atoms with Crippen molar-refractivity contribution in [2.24, 2.45) is 0 Å². The van der Waals surface area contributed by atoms with Crippen LogP contribution in [0.2, 0.25) is 9.36 Å². The lowest BCUT2D eigenvalue weighted by Gasteiger charge is -2.21. The molecule has 28 heavy (non-hydrogen) atoms. The summed E-state index contributed by atoms with van der Waals surface area (Å²) >= 11 is 12.9. The Labute approximate surface area is 176 Å². The third-order valence-corrected chi connectivity index (χ3v) is 5.14. The fraction of sp³-hybridized carbons (Fsp3) is 0.263. The first kappa shape index (κ1) is 21.9. The zero-order valence-electron chi connectivity index (χ0n) is 14.7. The van der Waals surface area contributed by atoms with Crippen molar-refractivity contribution in [3.8, 4) is 6.07 Å². The van der Waals surface area contributed by atoms with E-state index in [1.54, 1.807) is 36.4 Å². The number of thiophene rings is 1. The second kappa shape index (κ2) is 10.8. The first-order valence-corrected chi connectivity index (χ1v) is 9.85. The molecule has 0 spiro atoms. The fourth-order valence-corrected chi connectivity index (χ4v) is 3.49. The molecule has 0 bridgehead atoms. The van der Waals surface area contributed by atoms with E-state index in [1.807, 2.05) is 6.07 Å². The highest BCUT2D eigenvalue weighted by Crippen LogP contribution is 2.23. The molecule has 1 heterocycles. The van der Waals surface area contributed by atoms with Crippen LogP contribution in [0.25, 0.3) is 0 Å². The van der Waals surface area contributed by atoms with Crippen molar-refractivity contribution in [1.82, 2.24) is 0 Å². The number of amides is 1. The number of carbonyl (C=O) groups excluding carboxylic acids is 3. The number of anilines is 1. The number of nitriles is 1. The number of nitrogens with zero attached hydrogens (tertiary/aromatic N) is 2. The Morgan fingerprint density at radius 3 is 2.57 bits per heavy atom. The normalized spacial score (nSPS) is 10.2. The molecule has 0 unspecified atom stereocenters. The average molecular weight is 439 g/mol. The Morgan fingerprint density at radius 2 is 1.93 bits per heavy atom. The summed E-state index contributed by atoms with van der Waals surface area (Å²) in [6.45, 7) is -0.347. The maximum absolute atomic E-state index is 12.4. The summed E-state index contributed by atoms with van der Waals surface area (Å²) in [6, 6.07) is 11.8. The summed E-state index contributed by atoms with van der Waals surface area (Å²) in [7, 11) is 0. The SMILES string of the molecule is N#CCCN(C(=O)COC(=O)CCC(=O)c1ccc(Cl)s1)c1cccc(Cl)c1. The van der Waals surface area contributed by atoms with Crippen LogP contribution >= 0.6 is 34.5 Å². The van der Waals surface area contributed by atoms with Crippen molar-refractivity contribution < 1.29 is 19.1 Å². The Kier molecular flexibility index (Phi) is 8.45. The Morgan fingerprint density at radius 1 is 1.14 bits per heavy atom. The van der Waals surface area contributed by atoms with E-state index in [2.05, 4.69) is 0 Å². The number of rotatable bonds is 9. The van der Waals surface area contributed by atoms with E-state index in [1.165, 1.54) is 4.90 Å². The number of esters is 1. The van der Waals surface area contributed by atoms with Gasteiger partial charge < -0.3 is 9.64 Å². The standard InChI is InChI=1S/C19H16Cl2N2O4S/c20-13-3-1-4-14(11-13)23(10-2-9-22)18(25)12-27-19(26)8-5-15(24)16-6-7-17(21)28-16/h1,3-4,6-7,11H,2,5,8,10,12H2. The summed E-state index contributed by atoms with van der Waals surface area (Å²) in [5, 5.41) is 9.24. The van der Waals surface area contributed by atoms with E-state index in [0.717, 1.165) is 11.3 Å². The smallest absolute Gasteiger partial charge is 0.306 e. The van der Waals surface area contributed by atoms with Gasteiger partial charge in [0.1, 0.15) is 0 Å². The second-order valence-corrected chi connectivity index (χ2v) is 7.77. The van der Waals surface area contributed by atoms with E-state index in [9.17, 15) is 14.4 Å². The van der Waals surface area contributed by atoms with Crippen molar-refractivity contribution in [3.63, 3.8) is 0 Å². The zero-order chi connectivity index (χ0) is 20.5. The summed E-state index contributed by atoms with van der Waals surface area (Å²) < 4.78 is 5.48. The highest BCUT2D eigenvalue weighted by atomic mass is 35.5. The molecule has 2 aromatic rings. The van der Waals surface area contributed by atoms with Gasteiger partial charge in [-0.05, 0) is 30.3 Å². The van der Waals surface area contributed by atoms with Crippen LogP contribution in [0.3, 0.4) is 0 Å². The highest BCUT2D eigenvalue weighted by Gasteiger charge is 2.19. The molecule has 0 aliphatic rings. The molecule has 0 radical (unpaired) electrons. The van der Waals surface area contributed by atoms with Crippen LogP contribution in [0, 0.1) is 11.3 Å². The lowest BCUT2D eigenvalue weighted by atomic mass is 10.2. The topological polar surface area (TPSA) is 87.5 Å². The van der Waals surface area contributed by atoms with E-state index in [-0.39, 0.29) is 31.6 Å². The predicted octanol–water partition coefficient (Wildman–Crippen LogP) is 4.51. The van der Waals surface area contributed by atoms with Gasteiger partial charge in [-0.2, -0.15) is 5.26 Å². The monoisotopic (exact) mass is 438 g/mol. The van der Waals surface area contributed by atoms with Gasteiger partial charge in [0.15, 0.2) is 12.4 Å². The van der Waals surface area contributed by atoms with Crippen LogP contribution in [-0.2, 0) is 14.3 Å². The molecule has 0 fully saturated rings. The van der Waals surface area contributed by atoms with Crippen LogP contribution < -0.4 is 4.90 Å².